The van der Waals surface area contributed by atoms with Crippen LogP contribution in [0.2, 0.25) is 0 Å². The van der Waals surface area contributed by atoms with E-state index in [1.807, 2.05) is 12.1 Å². The summed E-state index contributed by atoms with van der Waals surface area (Å²) in [5.74, 6) is 0.0330. The van der Waals surface area contributed by atoms with E-state index in [0.29, 0.717) is 6.54 Å². The second-order valence-corrected chi connectivity index (χ2v) is 7.25. The maximum Gasteiger partial charge on any atom is 0.238 e. The SMILES string of the molecule is O=C(CN1CCCCC1)Nc1c(Br)cc(Br)cc1Br. The zero-order chi connectivity index (χ0) is 13.8. The van der Waals surface area contributed by atoms with Crippen molar-refractivity contribution in [1.29, 1.82) is 0 Å². The lowest BCUT2D eigenvalue weighted by molar-refractivity contribution is -0.117. The molecule has 1 aliphatic heterocycles. The lowest BCUT2D eigenvalue weighted by Crippen LogP contribution is -2.36. The number of rotatable bonds is 3. The van der Waals surface area contributed by atoms with Crippen LogP contribution in [0.25, 0.3) is 0 Å². The number of carbonyl (C=O) groups is 1. The molecule has 0 saturated carbocycles. The average molecular weight is 455 g/mol. The number of hydrogen-bond donors (Lipinski definition) is 1. The summed E-state index contributed by atoms with van der Waals surface area (Å²) < 4.78 is 2.68. The van der Waals surface area contributed by atoms with Gasteiger partial charge in [0, 0.05) is 13.4 Å². The molecule has 0 atom stereocenters. The van der Waals surface area contributed by atoms with Gasteiger partial charge in [-0.25, -0.2) is 0 Å². The predicted molar refractivity (Wildman–Crippen MR) is 88.5 cm³/mol. The third kappa shape index (κ3) is 4.55. The molecular formula is C13H15Br3N2O. The Morgan fingerprint density at radius 3 is 2.26 bits per heavy atom. The summed E-state index contributed by atoms with van der Waals surface area (Å²) in [5.41, 5.74) is 0.783. The topological polar surface area (TPSA) is 32.3 Å². The van der Waals surface area contributed by atoms with Crippen LogP contribution < -0.4 is 5.32 Å². The summed E-state index contributed by atoms with van der Waals surface area (Å²) in [6.45, 7) is 2.52. The van der Waals surface area contributed by atoms with Crippen molar-refractivity contribution in [3.05, 3.63) is 25.6 Å². The van der Waals surface area contributed by atoms with Gasteiger partial charge in [-0.3, -0.25) is 9.69 Å². The number of nitrogens with one attached hydrogen (secondary N) is 1. The van der Waals surface area contributed by atoms with Crippen LogP contribution in [0.5, 0.6) is 0 Å². The minimum Gasteiger partial charge on any atom is -0.323 e. The molecule has 1 fully saturated rings. The third-order valence-corrected chi connectivity index (χ3v) is 4.80. The van der Waals surface area contributed by atoms with Gasteiger partial charge < -0.3 is 5.32 Å². The Balaban J connectivity index is 1.98. The number of benzene rings is 1. The largest absolute Gasteiger partial charge is 0.323 e. The summed E-state index contributed by atoms with van der Waals surface area (Å²) in [7, 11) is 0. The van der Waals surface area contributed by atoms with Gasteiger partial charge in [0.15, 0.2) is 0 Å². The quantitative estimate of drug-likeness (QED) is 0.734. The van der Waals surface area contributed by atoms with Gasteiger partial charge in [-0.05, 0) is 69.9 Å². The molecule has 1 aliphatic rings. The molecule has 0 radical (unpaired) electrons. The van der Waals surface area contributed by atoms with Crippen LogP contribution in [-0.2, 0) is 4.79 Å². The van der Waals surface area contributed by atoms with Gasteiger partial charge in [-0.1, -0.05) is 22.4 Å². The summed E-state index contributed by atoms with van der Waals surface area (Å²) in [5, 5.41) is 2.96. The standard InChI is InChI=1S/C13H15Br3N2O/c14-9-6-10(15)13(11(16)7-9)17-12(19)8-18-4-2-1-3-5-18/h6-7H,1-5,8H2,(H,17,19). The normalized spacial score (nSPS) is 16.4. The zero-order valence-electron chi connectivity index (χ0n) is 10.4. The van der Waals surface area contributed by atoms with Crippen molar-refractivity contribution in [3.63, 3.8) is 0 Å². The minimum absolute atomic E-state index is 0.0330. The monoisotopic (exact) mass is 452 g/mol. The van der Waals surface area contributed by atoms with Gasteiger partial charge in [-0.2, -0.15) is 0 Å². The Labute approximate surface area is 138 Å². The zero-order valence-corrected chi connectivity index (χ0v) is 15.1. The van der Waals surface area contributed by atoms with Crippen molar-refractivity contribution in [3.8, 4) is 0 Å². The van der Waals surface area contributed by atoms with Crippen molar-refractivity contribution in [2.24, 2.45) is 0 Å². The number of halogens is 3. The molecule has 1 saturated heterocycles. The third-order valence-electron chi connectivity index (χ3n) is 3.09. The molecular weight excluding hydrogens is 440 g/mol. The van der Waals surface area contributed by atoms with Crippen LogP contribution in [0, 0.1) is 0 Å². The Morgan fingerprint density at radius 1 is 1.11 bits per heavy atom. The fourth-order valence-corrected chi connectivity index (χ4v) is 4.62. The van der Waals surface area contributed by atoms with E-state index in [4.69, 9.17) is 0 Å². The molecule has 1 amide bonds. The fourth-order valence-electron chi connectivity index (χ4n) is 2.16. The maximum absolute atomic E-state index is 12.1. The molecule has 1 N–H and O–H groups in total. The first-order valence-corrected chi connectivity index (χ1v) is 8.61. The highest BCUT2D eigenvalue weighted by molar-refractivity contribution is 9.11. The summed E-state index contributed by atoms with van der Waals surface area (Å²) >= 11 is 10.3. The van der Waals surface area contributed by atoms with Gasteiger partial charge in [0.2, 0.25) is 5.91 Å². The minimum atomic E-state index is 0.0330. The Hall–Kier alpha value is 0.0900. The molecule has 19 heavy (non-hydrogen) atoms. The fraction of sp³-hybridized carbons (Fsp3) is 0.462. The number of hydrogen-bond acceptors (Lipinski definition) is 2. The van der Waals surface area contributed by atoms with Gasteiger partial charge in [0.1, 0.15) is 0 Å². The Morgan fingerprint density at radius 2 is 1.68 bits per heavy atom. The molecule has 6 heteroatoms. The molecule has 0 unspecified atom stereocenters. The van der Waals surface area contributed by atoms with Gasteiger partial charge >= 0.3 is 0 Å². The van der Waals surface area contributed by atoms with Crippen LogP contribution in [0.15, 0.2) is 25.6 Å². The number of anilines is 1. The lowest BCUT2D eigenvalue weighted by atomic mass is 10.1. The average Bonchev–Trinajstić information content (AvgIpc) is 2.35. The van der Waals surface area contributed by atoms with Crippen LogP contribution in [-0.4, -0.2) is 30.4 Å². The van der Waals surface area contributed by atoms with Crippen molar-refractivity contribution >= 4 is 59.4 Å². The first-order valence-electron chi connectivity index (χ1n) is 6.23. The number of carbonyl (C=O) groups excluding carboxylic acids is 1. The first-order chi connectivity index (χ1) is 9.06. The molecule has 1 aromatic carbocycles. The molecule has 0 aliphatic carbocycles. The number of piperidine rings is 1. The molecule has 0 spiro atoms. The van der Waals surface area contributed by atoms with Gasteiger partial charge in [-0.15, -0.1) is 0 Å². The van der Waals surface area contributed by atoms with E-state index in [9.17, 15) is 4.79 Å². The van der Waals surface area contributed by atoms with E-state index in [2.05, 4.69) is 58.0 Å². The highest BCUT2D eigenvalue weighted by Crippen LogP contribution is 2.34. The highest BCUT2D eigenvalue weighted by atomic mass is 79.9. The second kappa shape index (κ2) is 7.20. The Bertz CT molecular complexity index is 450. The van der Waals surface area contributed by atoms with E-state index in [0.717, 1.165) is 32.2 Å². The number of nitrogens with zero attached hydrogens (tertiary/aromatic N) is 1. The molecule has 0 aromatic heterocycles. The van der Waals surface area contributed by atoms with Crippen LogP contribution in [0.3, 0.4) is 0 Å². The summed E-state index contributed by atoms with van der Waals surface area (Å²) in [6.07, 6.45) is 3.67. The smallest absolute Gasteiger partial charge is 0.238 e. The predicted octanol–water partition coefficient (Wildman–Crippen LogP) is 4.40. The van der Waals surface area contributed by atoms with Gasteiger partial charge in [0.25, 0.3) is 0 Å². The molecule has 1 heterocycles. The van der Waals surface area contributed by atoms with Crippen molar-refractivity contribution in [1.82, 2.24) is 4.90 Å². The van der Waals surface area contributed by atoms with Gasteiger partial charge in [0.05, 0.1) is 12.2 Å². The maximum atomic E-state index is 12.1. The number of amides is 1. The van der Waals surface area contributed by atoms with Crippen LogP contribution in [0.4, 0.5) is 5.69 Å². The van der Waals surface area contributed by atoms with E-state index in [1.54, 1.807) is 0 Å². The van der Waals surface area contributed by atoms with Crippen molar-refractivity contribution < 1.29 is 4.79 Å². The highest BCUT2D eigenvalue weighted by Gasteiger charge is 2.16. The molecule has 0 bridgehead atoms. The first kappa shape index (κ1) is 15.5. The second-order valence-electron chi connectivity index (χ2n) is 4.63. The molecule has 1 aromatic rings. The summed E-state index contributed by atoms with van der Waals surface area (Å²) in [4.78, 5) is 14.3. The summed E-state index contributed by atoms with van der Waals surface area (Å²) in [6, 6.07) is 3.84. The van der Waals surface area contributed by atoms with Crippen molar-refractivity contribution in [2.75, 3.05) is 25.0 Å². The molecule has 104 valence electrons. The Kier molecular flexibility index (Phi) is 5.87. The van der Waals surface area contributed by atoms with E-state index < -0.39 is 0 Å². The molecule has 2 rings (SSSR count). The van der Waals surface area contributed by atoms with E-state index in [-0.39, 0.29) is 5.91 Å². The van der Waals surface area contributed by atoms with Crippen LogP contribution in [0.1, 0.15) is 19.3 Å². The van der Waals surface area contributed by atoms with Crippen LogP contribution >= 0.6 is 47.8 Å². The molecule has 3 nitrogen and oxygen atoms in total. The number of likely N-dealkylation sites (tertiary alicyclic amines) is 1. The van der Waals surface area contributed by atoms with Crippen molar-refractivity contribution in [2.45, 2.75) is 19.3 Å². The van der Waals surface area contributed by atoms with E-state index >= 15 is 0 Å². The van der Waals surface area contributed by atoms with E-state index in [1.165, 1.54) is 19.3 Å². The lowest BCUT2D eigenvalue weighted by Gasteiger charge is -2.25.